The maximum atomic E-state index is 12.2. The minimum Gasteiger partial charge on any atom is -0.388 e. The van der Waals surface area contributed by atoms with E-state index in [0.29, 0.717) is 0 Å². The van der Waals surface area contributed by atoms with Gasteiger partial charge in [-0.05, 0) is 54.8 Å². The molecule has 1 atom stereocenters. The highest BCUT2D eigenvalue weighted by atomic mass is 79.9. The number of rotatable bonds is 3. The topological polar surface area (TPSA) is 40.5 Å². The zero-order chi connectivity index (χ0) is 14.0. The molecular weight excluding hydrogens is 326 g/mol. The fourth-order valence-electron chi connectivity index (χ4n) is 2.43. The van der Waals surface area contributed by atoms with Gasteiger partial charge in [0.1, 0.15) is 0 Å². The summed E-state index contributed by atoms with van der Waals surface area (Å²) in [7, 11) is 0. The Hall–Kier alpha value is -0.650. The van der Waals surface area contributed by atoms with Crippen molar-refractivity contribution in [2.75, 3.05) is 6.54 Å². The van der Waals surface area contributed by atoms with E-state index in [2.05, 4.69) is 15.9 Å². The Morgan fingerprint density at radius 1 is 1.63 bits per heavy atom. The molecule has 0 aromatic carbocycles. The number of likely N-dealkylation sites (tertiary alicyclic amines) is 1. The molecule has 1 fully saturated rings. The second-order valence-electron chi connectivity index (χ2n) is 5.34. The van der Waals surface area contributed by atoms with E-state index in [0.717, 1.165) is 28.7 Å². The van der Waals surface area contributed by atoms with E-state index in [9.17, 15) is 9.90 Å². The van der Waals surface area contributed by atoms with Crippen molar-refractivity contribution in [1.82, 2.24) is 4.90 Å². The van der Waals surface area contributed by atoms with Crippen LogP contribution in [-0.4, -0.2) is 34.1 Å². The first-order valence-electron chi connectivity index (χ1n) is 6.33. The van der Waals surface area contributed by atoms with E-state index in [1.165, 1.54) is 0 Å². The number of carbonyl (C=O) groups excluding carboxylic acids is 1. The van der Waals surface area contributed by atoms with Gasteiger partial charge in [0, 0.05) is 27.4 Å². The predicted octanol–water partition coefficient (Wildman–Crippen LogP) is 3.29. The zero-order valence-corrected chi connectivity index (χ0v) is 13.5. The molecule has 1 amide bonds. The number of aliphatic hydroxyl groups is 1. The molecule has 1 N–H and O–H groups in total. The molecular formula is C14H18BrNO2S. The highest BCUT2D eigenvalue weighted by molar-refractivity contribution is 9.10. The summed E-state index contributed by atoms with van der Waals surface area (Å²) in [5.41, 5.74) is -0.841. The van der Waals surface area contributed by atoms with Crippen LogP contribution < -0.4 is 0 Å². The van der Waals surface area contributed by atoms with Gasteiger partial charge in [0.15, 0.2) is 0 Å². The molecule has 2 heterocycles. The van der Waals surface area contributed by atoms with Crippen LogP contribution in [0.4, 0.5) is 0 Å². The van der Waals surface area contributed by atoms with Gasteiger partial charge in [-0.15, -0.1) is 11.3 Å². The van der Waals surface area contributed by atoms with Crippen LogP contribution in [0.5, 0.6) is 0 Å². The number of amides is 1. The van der Waals surface area contributed by atoms with Crippen LogP contribution in [-0.2, 0) is 4.79 Å². The van der Waals surface area contributed by atoms with Crippen molar-refractivity contribution >= 4 is 39.2 Å². The smallest absolute Gasteiger partial charge is 0.246 e. The van der Waals surface area contributed by atoms with E-state index in [-0.39, 0.29) is 11.9 Å². The van der Waals surface area contributed by atoms with Gasteiger partial charge in [-0.2, -0.15) is 0 Å². The number of hydrogen-bond acceptors (Lipinski definition) is 3. The molecule has 1 unspecified atom stereocenters. The highest BCUT2D eigenvalue weighted by Gasteiger charge is 2.37. The van der Waals surface area contributed by atoms with Crippen molar-refractivity contribution < 1.29 is 9.90 Å². The minimum absolute atomic E-state index is 0.0193. The van der Waals surface area contributed by atoms with Crippen molar-refractivity contribution in [3.05, 3.63) is 26.9 Å². The average Bonchev–Trinajstić information content (AvgIpc) is 2.93. The summed E-state index contributed by atoms with van der Waals surface area (Å²) >= 11 is 4.98. The fraction of sp³-hybridized carbons (Fsp3) is 0.500. The van der Waals surface area contributed by atoms with E-state index < -0.39 is 5.60 Å². The lowest BCUT2D eigenvalue weighted by molar-refractivity contribution is -0.131. The van der Waals surface area contributed by atoms with Crippen LogP contribution in [0.15, 0.2) is 22.0 Å². The standard InChI is InChI=1S/C14H18BrNO2S/c1-14(2,18)12-4-3-7-16(12)13(17)6-5-11-8-10(15)9-19-11/h5-6,8-9,12,18H,3-4,7H2,1-2H3/b6-5+. The Morgan fingerprint density at radius 3 is 2.95 bits per heavy atom. The van der Waals surface area contributed by atoms with Gasteiger partial charge in [-0.1, -0.05) is 0 Å². The van der Waals surface area contributed by atoms with Crippen LogP contribution in [0, 0.1) is 0 Å². The second kappa shape index (κ2) is 5.77. The van der Waals surface area contributed by atoms with Crippen LogP contribution in [0.25, 0.3) is 6.08 Å². The first-order chi connectivity index (χ1) is 8.88. The van der Waals surface area contributed by atoms with Crippen molar-refractivity contribution in [1.29, 1.82) is 0 Å². The van der Waals surface area contributed by atoms with Gasteiger partial charge < -0.3 is 10.0 Å². The quantitative estimate of drug-likeness (QED) is 0.855. The molecule has 1 aromatic rings. The highest BCUT2D eigenvalue weighted by Crippen LogP contribution is 2.27. The molecule has 0 bridgehead atoms. The Balaban J connectivity index is 2.05. The Morgan fingerprint density at radius 2 is 2.37 bits per heavy atom. The zero-order valence-electron chi connectivity index (χ0n) is 11.1. The monoisotopic (exact) mass is 343 g/mol. The largest absolute Gasteiger partial charge is 0.388 e. The van der Waals surface area contributed by atoms with Gasteiger partial charge in [-0.3, -0.25) is 4.79 Å². The van der Waals surface area contributed by atoms with E-state index in [1.807, 2.05) is 17.5 Å². The van der Waals surface area contributed by atoms with Gasteiger partial charge >= 0.3 is 0 Å². The molecule has 0 saturated carbocycles. The third-order valence-corrected chi connectivity index (χ3v) is 4.99. The number of thiophene rings is 1. The number of hydrogen-bond donors (Lipinski definition) is 1. The van der Waals surface area contributed by atoms with Crippen molar-refractivity contribution in [2.24, 2.45) is 0 Å². The van der Waals surface area contributed by atoms with Gasteiger partial charge in [0.05, 0.1) is 11.6 Å². The SMILES string of the molecule is CC(C)(O)C1CCCN1C(=O)/C=C/c1cc(Br)cs1. The predicted molar refractivity (Wildman–Crippen MR) is 82.1 cm³/mol. The summed E-state index contributed by atoms with van der Waals surface area (Å²) in [6, 6.07) is 1.89. The number of nitrogens with zero attached hydrogens (tertiary/aromatic N) is 1. The number of carbonyl (C=O) groups is 1. The molecule has 104 valence electrons. The first kappa shape index (κ1) is 14.8. The Labute approximate surface area is 126 Å². The van der Waals surface area contributed by atoms with E-state index in [1.54, 1.807) is 36.2 Å². The fourth-order valence-corrected chi connectivity index (χ4v) is 3.77. The van der Waals surface area contributed by atoms with Crippen LogP contribution in [0.3, 0.4) is 0 Å². The Kier molecular flexibility index (Phi) is 4.48. The maximum absolute atomic E-state index is 12.2. The molecule has 2 rings (SSSR count). The minimum atomic E-state index is -0.841. The third kappa shape index (κ3) is 3.68. The first-order valence-corrected chi connectivity index (χ1v) is 8.00. The molecule has 5 heteroatoms. The summed E-state index contributed by atoms with van der Waals surface area (Å²) in [6.07, 6.45) is 5.26. The molecule has 3 nitrogen and oxygen atoms in total. The molecule has 19 heavy (non-hydrogen) atoms. The summed E-state index contributed by atoms with van der Waals surface area (Å²) in [5, 5.41) is 12.1. The van der Waals surface area contributed by atoms with E-state index >= 15 is 0 Å². The van der Waals surface area contributed by atoms with Gasteiger partial charge in [0.2, 0.25) is 5.91 Å². The summed E-state index contributed by atoms with van der Waals surface area (Å²) in [5.74, 6) is -0.0193. The molecule has 0 spiro atoms. The van der Waals surface area contributed by atoms with Crippen molar-refractivity contribution in [3.63, 3.8) is 0 Å². The summed E-state index contributed by atoms with van der Waals surface area (Å²) < 4.78 is 1.03. The van der Waals surface area contributed by atoms with Gasteiger partial charge in [0.25, 0.3) is 0 Å². The molecule has 1 saturated heterocycles. The molecule has 0 radical (unpaired) electrons. The lowest BCUT2D eigenvalue weighted by Gasteiger charge is -2.33. The molecule has 1 aliphatic heterocycles. The lowest BCUT2D eigenvalue weighted by atomic mass is 9.96. The molecule has 0 aliphatic carbocycles. The lowest BCUT2D eigenvalue weighted by Crippen LogP contribution is -2.47. The van der Waals surface area contributed by atoms with Crippen molar-refractivity contribution in [2.45, 2.75) is 38.3 Å². The average molecular weight is 344 g/mol. The number of halogens is 1. The second-order valence-corrected chi connectivity index (χ2v) is 7.20. The molecule has 1 aromatic heterocycles. The van der Waals surface area contributed by atoms with Crippen molar-refractivity contribution in [3.8, 4) is 0 Å². The van der Waals surface area contributed by atoms with Crippen LogP contribution >= 0.6 is 27.3 Å². The van der Waals surface area contributed by atoms with Gasteiger partial charge in [-0.25, -0.2) is 0 Å². The molecule has 1 aliphatic rings. The normalized spacial score (nSPS) is 20.4. The van der Waals surface area contributed by atoms with E-state index in [4.69, 9.17) is 0 Å². The third-order valence-electron chi connectivity index (χ3n) is 3.33. The maximum Gasteiger partial charge on any atom is 0.246 e. The van der Waals surface area contributed by atoms with Crippen LogP contribution in [0.2, 0.25) is 0 Å². The summed E-state index contributed by atoms with van der Waals surface area (Å²) in [4.78, 5) is 15.0. The van der Waals surface area contributed by atoms with Crippen LogP contribution in [0.1, 0.15) is 31.6 Å². The summed E-state index contributed by atoms with van der Waals surface area (Å²) in [6.45, 7) is 4.26. The Bertz CT molecular complexity index is 490.